The molecule has 0 spiro atoms. The summed E-state index contributed by atoms with van der Waals surface area (Å²) in [5, 5.41) is 14.0. The lowest BCUT2D eigenvalue weighted by atomic mass is 10.1. The Hall–Kier alpha value is -3.61. The highest BCUT2D eigenvalue weighted by Gasteiger charge is 2.14. The Morgan fingerprint density at radius 2 is 1.70 bits per heavy atom. The van der Waals surface area contributed by atoms with Crippen LogP contribution in [0.2, 0.25) is 0 Å². The number of carboxylic acid groups (broad SMARTS) is 1. The lowest BCUT2D eigenvalue weighted by molar-refractivity contribution is -0.137. The number of rotatable bonds is 10. The lowest BCUT2D eigenvalue weighted by Gasteiger charge is -2.12. The first-order chi connectivity index (χ1) is 14.3. The van der Waals surface area contributed by atoms with E-state index in [1.165, 1.54) is 0 Å². The van der Waals surface area contributed by atoms with Crippen LogP contribution in [0.1, 0.15) is 42.6 Å². The van der Waals surface area contributed by atoms with Gasteiger partial charge in [-0.3, -0.25) is 14.4 Å². The molecule has 2 rings (SSSR count). The summed E-state index contributed by atoms with van der Waals surface area (Å²) >= 11 is 0. The summed E-state index contributed by atoms with van der Waals surface area (Å²) in [5.41, 5.74) is 1.19. The number of carbonyl (C=O) groups excluding carboxylic acids is 2. The maximum Gasteiger partial charge on any atom is 0.303 e. The van der Waals surface area contributed by atoms with Gasteiger partial charge in [0.2, 0.25) is 0 Å². The van der Waals surface area contributed by atoms with Gasteiger partial charge in [-0.05, 0) is 56.2 Å². The molecule has 7 heteroatoms. The second-order valence-corrected chi connectivity index (χ2v) is 6.87. The molecule has 30 heavy (non-hydrogen) atoms. The van der Waals surface area contributed by atoms with Gasteiger partial charge in [0.05, 0.1) is 6.10 Å². The first-order valence-corrected chi connectivity index (χ1v) is 9.70. The number of hydrogen-bond donors (Lipinski definition) is 3. The van der Waals surface area contributed by atoms with Crippen LogP contribution in [0.25, 0.3) is 6.08 Å². The standard InChI is InChI=1S/C23H26N2O5/c1-16(2)30-19-12-10-17(11-13-19)15-20(23(29)24-14-6-9-21(26)27)25-22(28)18-7-4-3-5-8-18/h3-5,7-8,10-13,15-16H,6,9,14H2,1-2H3,(H,24,29)(H,25,28)(H,26,27)/b20-15-. The zero-order valence-electron chi connectivity index (χ0n) is 17.1. The van der Waals surface area contributed by atoms with Crippen LogP contribution in [-0.4, -0.2) is 35.5 Å². The molecule has 2 aromatic rings. The Bertz CT molecular complexity index is 890. The maximum absolute atomic E-state index is 12.6. The second-order valence-electron chi connectivity index (χ2n) is 6.87. The average molecular weight is 410 g/mol. The molecule has 3 N–H and O–H groups in total. The van der Waals surface area contributed by atoms with Gasteiger partial charge in [0, 0.05) is 18.5 Å². The smallest absolute Gasteiger partial charge is 0.303 e. The minimum Gasteiger partial charge on any atom is -0.491 e. The van der Waals surface area contributed by atoms with Gasteiger partial charge < -0.3 is 20.5 Å². The summed E-state index contributed by atoms with van der Waals surface area (Å²) in [7, 11) is 0. The average Bonchev–Trinajstić information content (AvgIpc) is 2.72. The fourth-order valence-electron chi connectivity index (χ4n) is 2.56. The number of amides is 2. The summed E-state index contributed by atoms with van der Waals surface area (Å²) < 4.78 is 5.61. The molecular weight excluding hydrogens is 384 g/mol. The normalized spacial score (nSPS) is 11.1. The molecule has 0 saturated carbocycles. The van der Waals surface area contributed by atoms with E-state index in [1.54, 1.807) is 60.7 Å². The summed E-state index contributed by atoms with van der Waals surface area (Å²) in [4.78, 5) is 35.7. The predicted octanol–water partition coefficient (Wildman–Crippen LogP) is 3.23. The van der Waals surface area contributed by atoms with Crippen molar-refractivity contribution in [3.63, 3.8) is 0 Å². The molecule has 0 aliphatic carbocycles. The molecule has 158 valence electrons. The molecule has 0 fully saturated rings. The van der Waals surface area contributed by atoms with Crippen molar-refractivity contribution in [3.05, 3.63) is 71.4 Å². The topological polar surface area (TPSA) is 105 Å². The number of carboxylic acids is 1. The largest absolute Gasteiger partial charge is 0.491 e. The summed E-state index contributed by atoms with van der Waals surface area (Å²) in [6, 6.07) is 15.7. The van der Waals surface area contributed by atoms with Gasteiger partial charge in [-0.25, -0.2) is 0 Å². The highest BCUT2D eigenvalue weighted by atomic mass is 16.5. The van der Waals surface area contributed by atoms with Crippen molar-refractivity contribution in [1.82, 2.24) is 10.6 Å². The van der Waals surface area contributed by atoms with Crippen LogP contribution < -0.4 is 15.4 Å². The molecule has 0 heterocycles. The van der Waals surface area contributed by atoms with Crippen molar-refractivity contribution < 1.29 is 24.2 Å². The highest BCUT2D eigenvalue weighted by molar-refractivity contribution is 6.05. The van der Waals surface area contributed by atoms with E-state index in [0.29, 0.717) is 23.3 Å². The number of hydrogen-bond acceptors (Lipinski definition) is 4. The Balaban J connectivity index is 2.16. The van der Waals surface area contributed by atoms with Crippen molar-refractivity contribution in [3.8, 4) is 5.75 Å². The quantitative estimate of drug-likeness (QED) is 0.412. The molecule has 0 unspecified atom stereocenters. The second kappa shape index (κ2) is 11.4. The molecule has 7 nitrogen and oxygen atoms in total. The van der Waals surface area contributed by atoms with Crippen LogP contribution in [0.4, 0.5) is 0 Å². The number of ether oxygens (including phenoxy) is 1. The van der Waals surface area contributed by atoms with Crippen molar-refractivity contribution in [2.45, 2.75) is 32.8 Å². The van der Waals surface area contributed by atoms with Crippen molar-refractivity contribution >= 4 is 23.9 Å². The summed E-state index contributed by atoms with van der Waals surface area (Å²) in [6.45, 7) is 4.05. The Kier molecular flexibility index (Phi) is 8.62. The fraction of sp³-hybridized carbons (Fsp3) is 0.261. The molecule has 0 radical (unpaired) electrons. The molecular formula is C23H26N2O5. The van der Waals surface area contributed by atoms with E-state index in [2.05, 4.69) is 10.6 Å². The molecule has 0 aromatic heterocycles. The SMILES string of the molecule is CC(C)Oc1ccc(/C=C(\NC(=O)c2ccccc2)C(=O)NCCCC(=O)O)cc1. The molecule has 0 aliphatic heterocycles. The first kappa shape index (κ1) is 22.7. The third-order valence-corrected chi connectivity index (χ3v) is 3.94. The molecule has 2 aromatic carbocycles. The molecule has 2 amide bonds. The summed E-state index contributed by atoms with van der Waals surface area (Å²) in [5.74, 6) is -1.13. The van der Waals surface area contributed by atoms with Gasteiger partial charge in [-0.15, -0.1) is 0 Å². The Morgan fingerprint density at radius 3 is 2.30 bits per heavy atom. The van der Waals surface area contributed by atoms with E-state index < -0.39 is 17.8 Å². The minimum absolute atomic E-state index is 0.0451. The van der Waals surface area contributed by atoms with Crippen LogP contribution in [0.3, 0.4) is 0 Å². The van der Waals surface area contributed by atoms with Crippen LogP contribution in [0.5, 0.6) is 5.75 Å². The van der Waals surface area contributed by atoms with E-state index in [0.717, 1.165) is 0 Å². The van der Waals surface area contributed by atoms with E-state index in [9.17, 15) is 14.4 Å². The van der Waals surface area contributed by atoms with E-state index in [-0.39, 0.29) is 24.8 Å². The summed E-state index contributed by atoms with van der Waals surface area (Å²) in [6.07, 6.45) is 1.85. The van der Waals surface area contributed by atoms with Crippen LogP contribution in [0.15, 0.2) is 60.3 Å². The highest BCUT2D eigenvalue weighted by Crippen LogP contribution is 2.16. The van der Waals surface area contributed by atoms with E-state index in [4.69, 9.17) is 9.84 Å². The van der Waals surface area contributed by atoms with Gasteiger partial charge in [0.1, 0.15) is 11.4 Å². The Labute approximate surface area is 175 Å². The van der Waals surface area contributed by atoms with Crippen molar-refractivity contribution in [1.29, 1.82) is 0 Å². The minimum atomic E-state index is -0.930. The molecule has 0 bridgehead atoms. The fourth-order valence-corrected chi connectivity index (χ4v) is 2.56. The van der Waals surface area contributed by atoms with Gasteiger partial charge in [0.25, 0.3) is 11.8 Å². The van der Waals surface area contributed by atoms with Crippen LogP contribution >= 0.6 is 0 Å². The maximum atomic E-state index is 12.6. The van der Waals surface area contributed by atoms with Crippen molar-refractivity contribution in [2.75, 3.05) is 6.54 Å². The Morgan fingerprint density at radius 1 is 1.03 bits per heavy atom. The molecule has 0 atom stereocenters. The number of nitrogens with one attached hydrogen (secondary N) is 2. The van der Waals surface area contributed by atoms with Gasteiger partial charge in [-0.2, -0.15) is 0 Å². The third kappa shape index (κ3) is 7.79. The van der Waals surface area contributed by atoms with Gasteiger partial charge >= 0.3 is 5.97 Å². The zero-order chi connectivity index (χ0) is 21.9. The van der Waals surface area contributed by atoms with E-state index >= 15 is 0 Å². The number of benzene rings is 2. The third-order valence-electron chi connectivity index (χ3n) is 3.94. The number of aliphatic carboxylic acids is 1. The van der Waals surface area contributed by atoms with Crippen molar-refractivity contribution in [2.24, 2.45) is 0 Å². The molecule has 0 aliphatic rings. The van der Waals surface area contributed by atoms with Gasteiger partial charge in [0.15, 0.2) is 0 Å². The monoisotopic (exact) mass is 410 g/mol. The zero-order valence-corrected chi connectivity index (χ0v) is 17.1. The van der Waals surface area contributed by atoms with Crippen LogP contribution in [0, 0.1) is 0 Å². The molecule has 0 saturated heterocycles. The van der Waals surface area contributed by atoms with E-state index in [1.807, 2.05) is 13.8 Å². The predicted molar refractivity (Wildman–Crippen MR) is 114 cm³/mol. The van der Waals surface area contributed by atoms with Crippen LogP contribution in [-0.2, 0) is 9.59 Å². The first-order valence-electron chi connectivity index (χ1n) is 9.70. The number of carbonyl (C=O) groups is 3. The lowest BCUT2D eigenvalue weighted by Crippen LogP contribution is -2.35. The van der Waals surface area contributed by atoms with Gasteiger partial charge in [-0.1, -0.05) is 30.3 Å².